The van der Waals surface area contributed by atoms with Gasteiger partial charge in [0.05, 0.1) is 12.0 Å². The number of carbonyl (C=O) groups is 1. The lowest BCUT2D eigenvalue weighted by atomic mass is 9.82. The van der Waals surface area contributed by atoms with Crippen LogP contribution in [-0.4, -0.2) is 5.91 Å². The van der Waals surface area contributed by atoms with Gasteiger partial charge in [0.25, 0.3) is 0 Å². The van der Waals surface area contributed by atoms with Crippen LogP contribution in [0.5, 0.6) is 0 Å². The van der Waals surface area contributed by atoms with E-state index >= 15 is 0 Å². The van der Waals surface area contributed by atoms with Crippen LogP contribution in [0, 0.1) is 5.82 Å². The van der Waals surface area contributed by atoms with E-state index in [4.69, 9.17) is 0 Å². The molecule has 0 saturated carbocycles. The van der Waals surface area contributed by atoms with Crippen molar-refractivity contribution in [2.75, 3.05) is 0 Å². The van der Waals surface area contributed by atoms with E-state index in [1.165, 1.54) is 12.1 Å². The molecule has 1 unspecified atom stereocenters. The van der Waals surface area contributed by atoms with Crippen molar-refractivity contribution in [1.29, 1.82) is 0 Å². The first-order chi connectivity index (χ1) is 6.10. The topological polar surface area (TPSA) is 29.1 Å². The van der Waals surface area contributed by atoms with Gasteiger partial charge in [0.1, 0.15) is 5.82 Å². The minimum absolute atomic E-state index is 0.0201. The van der Waals surface area contributed by atoms with Crippen molar-refractivity contribution in [1.82, 2.24) is 5.32 Å². The standard InChI is InChI=1S/C10H10FNO/c1-10(6-9(13)12-10)7-3-2-4-8(11)5-7/h2-5H,6H2,1H3,(H,12,13). The number of rotatable bonds is 1. The van der Waals surface area contributed by atoms with Crippen molar-refractivity contribution in [3.05, 3.63) is 35.6 Å². The van der Waals surface area contributed by atoms with E-state index in [1.807, 2.05) is 13.0 Å². The second-order valence-corrected chi connectivity index (χ2v) is 3.57. The molecule has 0 aliphatic carbocycles. The van der Waals surface area contributed by atoms with Crippen molar-refractivity contribution < 1.29 is 9.18 Å². The van der Waals surface area contributed by atoms with Crippen LogP contribution in [0.3, 0.4) is 0 Å². The zero-order valence-electron chi connectivity index (χ0n) is 7.30. The van der Waals surface area contributed by atoms with Crippen LogP contribution in [0.4, 0.5) is 4.39 Å². The summed E-state index contributed by atoms with van der Waals surface area (Å²) in [4.78, 5) is 10.8. The molecule has 13 heavy (non-hydrogen) atoms. The first-order valence-corrected chi connectivity index (χ1v) is 4.17. The zero-order chi connectivity index (χ0) is 9.47. The van der Waals surface area contributed by atoms with Gasteiger partial charge in [-0.2, -0.15) is 0 Å². The number of hydrogen-bond acceptors (Lipinski definition) is 1. The molecule has 2 rings (SSSR count). The third kappa shape index (κ3) is 1.30. The molecular weight excluding hydrogens is 169 g/mol. The van der Waals surface area contributed by atoms with E-state index in [1.54, 1.807) is 6.07 Å². The molecule has 1 aliphatic heterocycles. The van der Waals surface area contributed by atoms with Gasteiger partial charge in [-0.05, 0) is 24.6 Å². The van der Waals surface area contributed by atoms with Gasteiger partial charge < -0.3 is 5.32 Å². The second kappa shape index (κ2) is 2.55. The summed E-state index contributed by atoms with van der Waals surface area (Å²) in [6, 6.07) is 6.33. The SMILES string of the molecule is CC1(c2cccc(F)c2)CC(=O)N1. The van der Waals surface area contributed by atoms with Gasteiger partial charge in [0.15, 0.2) is 0 Å². The highest BCUT2D eigenvalue weighted by Gasteiger charge is 2.39. The molecule has 1 saturated heterocycles. The monoisotopic (exact) mass is 179 g/mol. The lowest BCUT2D eigenvalue weighted by Crippen LogP contribution is -2.56. The van der Waals surface area contributed by atoms with E-state index in [-0.39, 0.29) is 17.3 Å². The molecule has 0 aromatic heterocycles. The summed E-state index contributed by atoms with van der Waals surface area (Å²) >= 11 is 0. The lowest BCUT2D eigenvalue weighted by molar-refractivity contribution is -0.132. The smallest absolute Gasteiger partial charge is 0.223 e. The summed E-state index contributed by atoms with van der Waals surface area (Å²) in [6.45, 7) is 1.89. The number of nitrogens with one attached hydrogen (secondary N) is 1. The highest BCUT2D eigenvalue weighted by molar-refractivity contribution is 5.85. The van der Waals surface area contributed by atoms with E-state index in [0.717, 1.165) is 5.56 Å². The van der Waals surface area contributed by atoms with Crippen molar-refractivity contribution in [2.45, 2.75) is 18.9 Å². The largest absolute Gasteiger partial charge is 0.346 e. The van der Waals surface area contributed by atoms with E-state index in [9.17, 15) is 9.18 Å². The molecule has 68 valence electrons. The molecule has 2 nitrogen and oxygen atoms in total. The molecule has 0 bridgehead atoms. The summed E-state index contributed by atoms with van der Waals surface area (Å²) in [5, 5.41) is 2.76. The van der Waals surface area contributed by atoms with Crippen LogP contribution in [-0.2, 0) is 10.3 Å². The van der Waals surface area contributed by atoms with Crippen LogP contribution in [0.2, 0.25) is 0 Å². The minimum Gasteiger partial charge on any atom is -0.346 e. The van der Waals surface area contributed by atoms with Gasteiger partial charge in [0.2, 0.25) is 5.91 Å². The lowest BCUT2D eigenvalue weighted by Gasteiger charge is -2.39. The Bertz CT molecular complexity index is 354. The number of benzene rings is 1. The van der Waals surface area contributed by atoms with Crippen molar-refractivity contribution >= 4 is 5.91 Å². The molecule has 1 atom stereocenters. The Morgan fingerprint density at radius 1 is 1.54 bits per heavy atom. The number of β-lactam (4-membered cyclic amide) rings is 1. The Morgan fingerprint density at radius 2 is 2.23 bits per heavy atom. The summed E-state index contributed by atoms with van der Waals surface area (Å²) < 4.78 is 12.8. The summed E-state index contributed by atoms with van der Waals surface area (Å²) in [6.07, 6.45) is 0.441. The van der Waals surface area contributed by atoms with Crippen LogP contribution >= 0.6 is 0 Å². The van der Waals surface area contributed by atoms with E-state index in [0.29, 0.717) is 6.42 Å². The minimum atomic E-state index is -0.362. The maximum Gasteiger partial charge on any atom is 0.223 e. The van der Waals surface area contributed by atoms with Gasteiger partial charge in [-0.25, -0.2) is 4.39 Å². The average Bonchev–Trinajstić information content (AvgIpc) is 2.02. The van der Waals surface area contributed by atoms with Gasteiger partial charge in [-0.1, -0.05) is 12.1 Å². The fourth-order valence-electron chi connectivity index (χ4n) is 1.62. The number of carbonyl (C=O) groups excluding carboxylic acids is 1. The number of amides is 1. The summed E-state index contributed by atoms with van der Waals surface area (Å²) in [5.74, 6) is -0.244. The molecule has 1 aromatic carbocycles. The highest BCUT2D eigenvalue weighted by atomic mass is 19.1. The van der Waals surface area contributed by atoms with E-state index in [2.05, 4.69) is 5.32 Å². The molecule has 1 aliphatic rings. The van der Waals surface area contributed by atoms with Crippen molar-refractivity contribution in [3.8, 4) is 0 Å². The Hall–Kier alpha value is -1.38. The quantitative estimate of drug-likeness (QED) is 0.651. The molecule has 3 heteroatoms. The maximum atomic E-state index is 12.8. The highest BCUT2D eigenvalue weighted by Crippen LogP contribution is 2.31. The molecule has 1 amide bonds. The van der Waals surface area contributed by atoms with Crippen LogP contribution in [0.1, 0.15) is 18.9 Å². The molecule has 0 spiro atoms. The van der Waals surface area contributed by atoms with Gasteiger partial charge in [-0.15, -0.1) is 0 Å². The Balaban J connectivity index is 2.31. The van der Waals surface area contributed by atoms with Crippen molar-refractivity contribution in [2.24, 2.45) is 0 Å². The number of hydrogen-bond donors (Lipinski definition) is 1. The summed E-state index contributed by atoms with van der Waals surface area (Å²) in [7, 11) is 0. The summed E-state index contributed by atoms with van der Waals surface area (Å²) in [5.41, 5.74) is 0.464. The third-order valence-corrected chi connectivity index (χ3v) is 2.39. The number of halogens is 1. The molecule has 0 radical (unpaired) electrons. The predicted octanol–water partition coefficient (Wildman–Crippen LogP) is 1.56. The fraction of sp³-hybridized carbons (Fsp3) is 0.300. The third-order valence-electron chi connectivity index (χ3n) is 2.39. The Morgan fingerprint density at radius 3 is 2.77 bits per heavy atom. The zero-order valence-corrected chi connectivity index (χ0v) is 7.30. The molecule has 1 heterocycles. The predicted molar refractivity (Wildman–Crippen MR) is 46.5 cm³/mol. The molecular formula is C10H10FNO. The first-order valence-electron chi connectivity index (χ1n) is 4.17. The van der Waals surface area contributed by atoms with Gasteiger partial charge >= 0.3 is 0 Å². The van der Waals surface area contributed by atoms with Gasteiger partial charge in [0, 0.05) is 0 Å². The van der Waals surface area contributed by atoms with Crippen molar-refractivity contribution in [3.63, 3.8) is 0 Å². The Kier molecular flexibility index (Phi) is 1.62. The molecule has 1 fully saturated rings. The van der Waals surface area contributed by atoms with E-state index < -0.39 is 0 Å². The van der Waals surface area contributed by atoms with Crippen LogP contribution < -0.4 is 5.32 Å². The second-order valence-electron chi connectivity index (χ2n) is 3.57. The molecule has 1 N–H and O–H groups in total. The first kappa shape index (κ1) is 8.23. The molecule has 1 aromatic rings. The van der Waals surface area contributed by atoms with Gasteiger partial charge in [-0.3, -0.25) is 4.79 Å². The maximum absolute atomic E-state index is 12.8. The van der Waals surface area contributed by atoms with Crippen LogP contribution in [0.25, 0.3) is 0 Å². The fourth-order valence-corrected chi connectivity index (χ4v) is 1.62. The average molecular weight is 179 g/mol. The Labute approximate surface area is 75.8 Å². The normalized spacial score (nSPS) is 26.5. The van der Waals surface area contributed by atoms with Crippen LogP contribution in [0.15, 0.2) is 24.3 Å².